The minimum atomic E-state index is -0.497. The molecule has 0 atom stereocenters. The zero-order valence-corrected chi connectivity index (χ0v) is 15.2. The van der Waals surface area contributed by atoms with Gasteiger partial charge in [0.2, 0.25) is 6.79 Å². The van der Waals surface area contributed by atoms with Crippen LogP contribution >= 0.6 is 0 Å². The molecule has 0 saturated carbocycles. The van der Waals surface area contributed by atoms with E-state index in [0.29, 0.717) is 35.0 Å². The second kappa shape index (κ2) is 8.40. The number of fused-ring (bicyclic) bond motifs is 1. The smallest absolute Gasteiger partial charge is 0.331 e. The zero-order valence-electron chi connectivity index (χ0n) is 15.2. The number of hydrogen-bond donors (Lipinski definition) is 0. The number of benzene rings is 2. The molecular formula is C21H20O6. The summed E-state index contributed by atoms with van der Waals surface area (Å²) in [5, 5.41) is 0. The van der Waals surface area contributed by atoms with Crippen molar-refractivity contribution in [2.45, 2.75) is 20.5 Å². The largest absolute Gasteiger partial charge is 0.493 e. The van der Waals surface area contributed by atoms with Crippen molar-refractivity contribution < 1.29 is 28.5 Å². The number of Topliss-reactive ketones (excluding diaryl/α,β-unsaturated/α-hetero) is 1. The highest BCUT2D eigenvalue weighted by molar-refractivity contribution is 5.94. The van der Waals surface area contributed by atoms with Crippen molar-refractivity contribution in [3.63, 3.8) is 0 Å². The third-order valence-electron chi connectivity index (χ3n) is 3.95. The first-order valence-corrected chi connectivity index (χ1v) is 8.58. The van der Waals surface area contributed by atoms with Crippen molar-refractivity contribution in [1.82, 2.24) is 0 Å². The van der Waals surface area contributed by atoms with Crippen LogP contribution in [-0.2, 0) is 16.1 Å². The number of ether oxygens (including phenoxy) is 4. The van der Waals surface area contributed by atoms with E-state index in [2.05, 4.69) is 0 Å². The van der Waals surface area contributed by atoms with Crippen LogP contribution in [0.3, 0.4) is 0 Å². The van der Waals surface area contributed by atoms with Gasteiger partial charge in [-0.05, 0) is 55.8 Å². The average molecular weight is 368 g/mol. The highest BCUT2D eigenvalue weighted by Crippen LogP contribution is 2.32. The normalized spacial score (nSPS) is 12.2. The second-order valence-electron chi connectivity index (χ2n) is 5.87. The number of ketones is 1. The van der Waals surface area contributed by atoms with Gasteiger partial charge in [0.1, 0.15) is 12.4 Å². The minimum absolute atomic E-state index is 0.0146. The summed E-state index contributed by atoms with van der Waals surface area (Å²) in [6.45, 7) is 4.04. The Hall–Kier alpha value is -3.28. The maximum Gasteiger partial charge on any atom is 0.331 e. The standard InChI is InChI=1S/C21H20O6/c1-3-24-18-8-6-16(14(2)22)11-17(18)12-25-21(23)9-5-15-4-7-19-20(10-15)27-13-26-19/h4-11H,3,12-13H2,1-2H3/b9-5+. The van der Waals surface area contributed by atoms with Gasteiger partial charge in [-0.25, -0.2) is 4.79 Å². The molecule has 0 bridgehead atoms. The Morgan fingerprint density at radius 3 is 2.70 bits per heavy atom. The van der Waals surface area contributed by atoms with Crippen molar-refractivity contribution in [2.24, 2.45) is 0 Å². The lowest BCUT2D eigenvalue weighted by molar-refractivity contribution is -0.138. The van der Waals surface area contributed by atoms with Gasteiger partial charge in [0.15, 0.2) is 17.3 Å². The molecule has 0 radical (unpaired) electrons. The fourth-order valence-corrected chi connectivity index (χ4v) is 2.59. The van der Waals surface area contributed by atoms with Crippen molar-refractivity contribution in [1.29, 1.82) is 0 Å². The number of rotatable bonds is 7. The molecule has 0 aliphatic carbocycles. The molecule has 0 saturated heterocycles. The van der Waals surface area contributed by atoms with E-state index in [1.165, 1.54) is 13.0 Å². The maximum absolute atomic E-state index is 12.0. The maximum atomic E-state index is 12.0. The predicted molar refractivity (Wildman–Crippen MR) is 99.0 cm³/mol. The molecule has 0 fully saturated rings. The Morgan fingerprint density at radius 2 is 1.93 bits per heavy atom. The molecule has 1 heterocycles. The summed E-state index contributed by atoms with van der Waals surface area (Å²) in [6.07, 6.45) is 2.98. The van der Waals surface area contributed by atoms with Gasteiger partial charge in [-0.3, -0.25) is 4.79 Å². The molecule has 1 aliphatic heterocycles. The first-order valence-electron chi connectivity index (χ1n) is 8.58. The first kappa shape index (κ1) is 18.5. The third-order valence-corrected chi connectivity index (χ3v) is 3.95. The molecular weight excluding hydrogens is 348 g/mol. The van der Waals surface area contributed by atoms with Crippen LogP contribution in [0.2, 0.25) is 0 Å². The third kappa shape index (κ3) is 4.67. The lowest BCUT2D eigenvalue weighted by Crippen LogP contribution is -2.05. The number of hydrogen-bond acceptors (Lipinski definition) is 6. The van der Waals surface area contributed by atoms with E-state index in [1.807, 2.05) is 13.0 Å². The van der Waals surface area contributed by atoms with E-state index in [-0.39, 0.29) is 19.2 Å². The van der Waals surface area contributed by atoms with Gasteiger partial charge in [-0.2, -0.15) is 0 Å². The predicted octanol–water partition coefficient (Wildman–Crippen LogP) is 3.77. The van der Waals surface area contributed by atoms with Gasteiger partial charge in [0.25, 0.3) is 0 Å². The van der Waals surface area contributed by atoms with Gasteiger partial charge in [0, 0.05) is 17.2 Å². The van der Waals surface area contributed by atoms with Crippen LogP contribution in [-0.4, -0.2) is 25.2 Å². The summed E-state index contributed by atoms with van der Waals surface area (Å²) < 4.78 is 21.4. The van der Waals surface area contributed by atoms with Crippen LogP contribution in [0, 0.1) is 0 Å². The van der Waals surface area contributed by atoms with Gasteiger partial charge in [-0.15, -0.1) is 0 Å². The van der Waals surface area contributed by atoms with Gasteiger partial charge in [-0.1, -0.05) is 6.07 Å². The van der Waals surface area contributed by atoms with Crippen LogP contribution in [0.4, 0.5) is 0 Å². The van der Waals surface area contributed by atoms with E-state index in [4.69, 9.17) is 18.9 Å². The molecule has 0 amide bonds. The van der Waals surface area contributed by atoms with E-state index >= 15 is 0 Å². The summed E-state index contributed by atoms with van der Waals surface area (Å²) in [5.74, 6) is 1.36. The van der Waals surface area contributed by atoms with Crippen LogP contribution in [0.1, 0.15) is 35.3 Å². The monoisotopic (exact) mass is 368 g/mol. The van der Waals surface area contributed by atoms with E-state index in [0.717, 1.165) is 5.56 Å². The lowest BCUT2D eigenvalue weighted by atomic mass is 10.1. The molecule has 0 spiro atoms. The molecule has 0 unspecified atom stereocenters. The lowest BCUT2D eigenvalue weighted by Gasteiger charge is -2.11. The quantitative estimate of drug-likeness (QED) is 0.421. The van der Waals surface area contributed by atoms with Crippen molar-refractivity contribution in [2.75, 3.05) is 13.4 Å². The number of carbonyl (C=O) groups excluding carboxylic acids is 2. The molecule has 3 rings (SSSR count). The Bertz CT molecular complexity index is 884. The topological polar surface area (TPSA) is 71.1 Å². The summed E-state index contributed by atoms with van der Waals surface area (Å²) in [7, 11) is 0. The highest BCUT2D eigenvalue weighted by Gasteiger charge is 2.13. The Balaban J connectivity index is 1.64. The van der Waals surface area contributed by atoms with Gasteiger partial charge >= 0.3 is 5.97 Å². The van der Waals surface area contributed by atoms with Gasteiger partial charge < -0.3 is 18.9 Å². The van der Waals surface area contributed by atoms with Crippen LogP contribution in [0.5, 0.6) is 17.2 Å². The summed E-state index contributed by atoms with van der Waals surface area (Å²) in [4.78, 5) is 23.6. The molecule has 27 heavy (non-hydrogen) atoms. The van der Waals surface area contributed by atoms with E-state index in [9.17, 15) is 9.59 Å². The Kier molecular flexibility index (Phi) is 5.76. The molecule has 6 nitrogen and oxygen atoms in total. The summed E-state index contributed by atoms with van der Waals surface area (Å²) in [5.41, 5.74) is 1.99. The SMILES string of the molecule is CCOc1ccc(C(C)=O)cc1COC(=O)/C=C/c1ccc2c(c1)OCO2. The zero-order chi connectivity index (χ0) is 19.2. The van der Waals surface area contributed by atoms with Crippen LogP contribution in [0.15, 0.2) is 42.5 Å². The first-order chi connectivity index (χ1) is 13.1. The number of carbonyl (C=O) groups is 2. The molecule has 2 aromatic rings. The molecule has 1 aliphatic rings. The van der Waals surface area contributed by atoms with Gasteiger partial charge in [0.05, 0.1) is 6.61 Å². The highest BCUT2D eigenvalue weighted by atomic mass is 16.7. The van der Waals surface area contributed by atoms with Crippen molar-refractivity contribution >= 4 is 17.8 Å². The molecule has 0 aromatic heterocycles. The molecule has 6 heteroatoms. The molecule has 0 N–H and O–H groups in total. The Labute approximate surface area is 157 Å². The number of esters is 1. The van der Waals surface area contributed by atoms with Crippen LogP contribution < -0.4 is 14.2 Å². The Morgan fingerprint density at radius 1 is 1.11 bits per heavy atom. The summed E-state index contributed by atoms with van der Waals surface area (Å²) >= 11 is 0. The van der Waals surface area contributed by atoms with Crippen LogP contribution in [0.25, 0.3) is 6.08 Å². The summed E-state index contributed by atoms with van der Waals surface area (Å²) in [6, 6.07) is 10.5. The molecule has 140 valence electrons. The minimum Gasteiger partial charge on any atom is -0.493 e. The second-order valence-corrected chi connectivity index (χ2v) is 5.87. The van der Waals surface area contributed by atoms with E-state index < -0.39 is 5.97 Å². The average Bonchev–Trinajstić information content (AvgIpc) is 3.13. The van der Waals surface area contributed by atoms with E-state index in [1.54, 1.807) is 36.4 Å². The fourth-order valence-electron chi connectivity index (χ4n) is 2.59. The fraction of sp³-hybridized carbons (Fsp3) is 0.238. The van der Waals surface area contributed by atoms with Crippen molar-refractivity contribution in [3.8, 4) is 17.2 Å². The van der Waals surface area contributed by atoms with Crippen molar-refractivity contribution in [3.05, 3.63) is 59.2 Å². The molecule has 2 aromatic carbocycles.